The van der Waals surface area contributed by atoms with E-state index >= 15 is 0 Å². The fourth-order valence-corrected chi connectivity index (χ4v) is 4.32. The molecular weight excluding hydrogens is 374 g/mol. The van der Waals surface area contributed by atoms with Crippen LogP contribution in [-0.4, -0.2) is 34.7 Å². The van der Waals surface area contributed by atoms with E-state index in [4.69, 9.17) is 4.74 Å². The molecule has 30 heavy (non-hydrogen) atoms. The maximum Gasteiger partial charge on any atom is 0.323 e. The molecule has 0 bridgehead atoms. The molecule has 0 aromatic heterocycles. The van der Waals surface area contributed by atoms with Crippen LogP contribution in [0.2, 0.25) is 0 Å². The van der Waals surface area contributed by atoms with Gasteiger partial charge in [0, 0.05) is 6.54 Å². The summed E-state index contributed by atoms with van der Waals surface area (Å²) in [6, 6.07) is 12.6. The van der Waals surface area contributed by atoms with E-state index in [0.717, 1.165) is 40.8 Å². The van der Waals surface area contributed by atoms with E-state index in [1.807, 2.05) is 11.9 Å². The fraction of sp³-hybridized carbons (Fsp3) is 0.577. The van der Waals surface area contributed by atoms with Crippen LogP contribution in [0.4, 0.5) is 0 Å². The maximum atomic E-state index is 11.5. The Morgan fingerprint density at radius 3 is 2.20 bits per heavy atom. The van der Waals surface area contributed by atoms with Gasteiger partial charge in [0.2, 0.25) is 0 Å². The standard InChI is InChI=1S/C26H37NO3/c1-25(2,3)21-10-13-22(14-11-21)30-23-12-9-19-15-18(7-8-20(19)16-23)17-27(6)26(4,5)24(28)29/h7-9,12,15-16,21-22H,10-11,13-14,17H2,1-6H3,(H,28,29)/t21-,22-. The Bertz CT molecular complexity index is 889. The highest BCUT2D eigenvalue weighted by Gasteiger charge is 2.32. The van der Waals surface area contributed by atoms with E-state index < -0.39 is 11.5 Å². The molecule has 0 atom stereocenters. The minimum Gasteiger partial charge on any atom is -0.490 e. The summed E-state index contributed by atoms with van der Waals surface area (Å²) < 4.78 is 6.32. The third-order valence-corrected chi connectivity index (χ3v) is 6.98. The van der Waals surface area contributed by atoms with Gasteiger partial charge in [0.15, 0.2) is 0 Å². The van der Waals surface area contributed by atoms with Crippen molar-refractivity contribution >= 4 is 16.7 Å². The molecule has 164 valence electrons. The van der Waals surface area contributed by atoms with Gasteiger partial charge < -0.3 is 9.84 Å². The third kappa shape index (κ3) is 5.15. The van der Waals surface area contributed by atoms with Gasteiger partial charge in [0.05, 0.1) is 6.10 Å². The fourth-order valence-electron chi connectivity index (χ4n) is 4.32. The number of benzene rings is 2. The van der Waals surface area contributed by atoms with Crippen molar-refractivity contribution in [1.29, 1.82) is 0 Å². The molecule has 3 rings (SSSR count). The largest absolute Gasteiger partial charge is 0.490 e. The molecular formula is C26H37NO3. The van der Waals surface area contributed by atoms with Gasteiger partial charge in [-0.1, -0.05) is 39.0 Å². The number of ether oxygens (including phenoxy) is 1. The van der Waals surface area contributed by atoms with Gasteiger partial charge in [-0.15, -0.1) is 0 Å². The summed E-state index contributed by atoms with van der Waals surface area (Å²) in [5.74, 6) is 0.916. The first kappa shape index (κ1) is 22.6. The summed E-state index contributed by atoms with van der Waals surface area (Å²) in [6.07, 6.45) is 5.05. The van der Waals surface area contributed by atoms with E-state index in [-0.39, 0.29) is 0 Å². The predicted octanol–water partition coefficient (Wildman–Crippen LogP) is 6.12. The number of likely N-dealkylation sites (N-methyl/N-ethyl adjacent to an activating group) is 1. The van der Waals surface area contributed by atoms with E-state index in [9.17, 15) is 9.90 Å². The van der Waals surface area contributed by atoms with Crippen molar-refractivity contribution in [2.45, 2.75) is 78.5 Å². The summed E-state index contributed by atoms with van der Waals surface area (Å²) in [7, 11) is 1.85. The van der Waals surface area contributed by atoms with Crippen molar-refractivity contribution in [3.8, 4) is 5.75 Å². The van der Waals surface area contributed by atoms with Crippen LogP contribution in [0.25, 0.3) is 10.8 Å². The number of fused-ring (bicyclic) bond motifs is 1. The molecule has 4 heteroatoms. The zero-order chi connectivity index (χ0) is 22.1. The lowest BCUT2D eigenvalue weighted by atomic mass is 9.72. The van der Waals surface area contributed by atoms with Gasteiger partial charge in [-0.05, 0) is 92.4 Å². The lowest BCUT2D eigenvalue weighted by Crippen LogP contribution is -2.47. The predicted molar refractivity (Wildman–Crippen MR) is 123 cm³/mol. The topological polar surface area (TPSA) is 49.8 Å². The first-order valence-corrected chi connectivity index (χ1v) is 11.1. The van der Waals surface area contributed by atoms with Gasteiger partial charge >= 0.3 is 5.97 Å². The monoisotopic (exact) mass is 411 g/mol. The van der Waals surface area contributed by atoms with Crippen molar-refractivity contribution in [3.63, 3.8) is 0 Å². The average Bonchev–Trinajstić information content (AvgIpc) is 2.67. The molecule has 1 aliphatic rings. The van der Waals surface area contributed by atoms with Crippen molar-refractivity contribution in [2.24, 2.45) is 11.3 Å². The zero-order valence-electron chi connectivity index (χ0n) is 19.4. The molecule has 2 aromatic rings. The summed E-state index contributed by atoms with van der Waals surface area (Å²) in [5.41, 5.74) is 0.589. The minimum atomic E-state index is -0.904. The Morgan fingerprint density at radius 1 is 1.00 bits per heavy atom. The quantitative estimate of drug-likeness (QED) is 0.622. The van der Waals surface area contributed by atoms with E-state index in [0.29, 0.717) is 18.1 Å². The van der Waals surface area contributed by atoms with Gasteiger partial charge in [0.1, 0.15) is 11.3 Å². The Kier molecular flexibility index (Phi) is 6.47. The number of rotatable bonds is 6. The number of carboxylic acids is 1. The van der Waals surface area contributed by atoms with Gasteiger partial charge in [-0.2, -0.15) is 0 Å². The Hall–Kier alpha value is -2.07. The molecule has 0 amide bonds. The molecule has 0 saturated heterocycles. The van der Waals surface area contributed by atoms with E-state index in [2.05, 4.69) is 57.2 Å². The SMILES string of the molecule is CN(Cc1ccc2cc(O[C@H]3CC[C@H](C(C)(C)C)CC3)ccc2c1)C(C)(C)C(=O)O. The van der Waals surface area contributed by atoms with Gasteiger partial charge in [0.25, 0.3) is 0 Å². The number of aliphatic carboxylic acids is 1. The van der Waals surface area contributed by atoms with Crippen molar-refractivity contribution in [2.75, 3.05) is 7.05 Å². The highest BCUT2D eigenvalue weighted by molar-refractivity contribution is 5.84. The maximum absolute atomic E-state index is 11.5. The van der Waals surface area contributed by atoms with Crippen LogP contribution in [0.5, 0.6) is 5.75 Å². The lowest BCUT2D eigenvalue weighted by molar-refractivity contribution is -0.148. The second-order valence-corrected chi connectivity index (χ2v) is 10.5. The van der Waals surface area contributed by atoms with Crippen LogP contribution in [0.3, 0.4) is 0 Å². The molecule has 0 radical (unpaired) electrons. The second kappa shape index (κ2) is 8.58. The number of hydrogen-bond donors (Lipinski definition) is 1. The summed E-state index contributed by atoms with van der Waals surface area (Å²) >= 11 is 0. The number of carbonyl (C=O) groups is 1. The molecule has 1 N–H and O–H groups in total. The lowest BCUT2D eigenvalue weighted by Gasteiger charge is -2.37. The van der Waals surface area contributed by atoms with Crippen molar-refractivity contribution < 1.29 is 14.6 Å². The highest BCUT2D eigenvalue weighted by atomic mass is 16.5. The van der Waals surface area contributed by atoms with Crippen LogP contribution in [0.1, 0.15) is 65.9 Å². The molecule has 4 nitrogen and oxygen atoms in total. The minimum absolute atomic E-state index is 0.312. The Morgan fingerprint density at radius 2 is 1.60 bits per heavy atom. The van der Waals surface area contributed by atoms with Crippen molar-refractivity contribution in [3.05, 3.63) is 42.0 Å². The number of nitrogens with zero attached hydrogens (tertiary/aromatic N) is 1. The summed E-state index contributed by atoms with van der Waals surface area (Å²) in [5, 5.41) is 11.7. The molecule has 0 spiro atoms. The van der Waals surface area contributed by atoms with Crippen LogP contribution < -0.4 is 4.74 Å². The summed E-state index contributed by atoms with van der Waals surface area (Å²) in [4.78, 5) is 13.3. The van der Waals surface area contributed by atoms with E-state index in [1.54, 1.807) is 13.8 Å². The molecule has 0 aliphatic heterocycles. The molecule has 1 aliphatic carbocycles. The average molecular weight is 412 g/mol. The Balaban J connectivity index is 1.65. The smallest absolute Gasteiger partial charge is 0.323 e. The molecule has 0 heterocycles. The normalized spacial score (nSPS) is 20.5. The van der Waals surface area contributed by atoms with Crippen LogP contribution in [-0.2, 0) is 11.3 Å². The number of carboxylic acid groups (broad SMARTS) is 1. The second-order valence-electron chi connectivity index (χ2n) is 10.5. The zero-order valence-corrected chi connectivity index (χ0v) is 19.4. The highest BCUT2D eigenvalue weighted by Crippen LogP contribution is 2.39. The van der Waals surface area contributed by atoms with Gasteiger partial charge in [-0.25, -0.2) is 0 Å². The Labute approximate surface area is 181 Å². The van der Waals surface area contributed by atoms with Crippen molar-refractivity contribution in [1.82, 2.24) is 4.90 Å². The molecule has 1 fully saturated rings. The van der Waals surface area contributed by atoms with Gasteiger partial charge in [-0.3, -0.25) is 9.69 Å². The third-order valence-electron chi connectivity index (χ3n) is 6.98. The molecule has 2 aromatic carbocycles. The molecule has 0 unspecified atom stereocenters. The summed E-state index contributed by atoms with van der Waals surface area (Å²) in [6.45, 7) is 11.1. The first-order valence-electron chi connectivity index (χ1n) is 11.1. The number of hydrogen-bond acceptors (Lipinski definition) is 3. The first-order chi connectivity index (χ1) is 14.0. The van der Waals surface area contributed by atoms with Crippen LogP contribution >= 0.6 is 0 Å². The van der Waals surface area contributed by atoms with E-state index in [1.165, 1.54) is 12.8 Å². The van der Waals surface area contributed by atoms with Crippen LogP contribution in [0.15, 0.2) is 36.4 Å². The molecule has 1 saturated carbocycles. The van der Waals surface area contributed by atoms with Crippen LogP contribution in [0, 0.1) is 11.3 Å².